The molecule has 2 rings (SSSR count). The minimum Gasteiger partial charge on any atom is -0.492 e. The number of carbonyl (C=O) groups is 1. The van der Waals surface area contributed by atoms with Crippen molar-refractivity contribution < 1.29 is 14.6 Å². The van der Waals surface area contributed by atoms with Gasteiger partial charge in [0.2, 0.25) is 0 Å². The minimum atomic E-state index is -0.746. The molecular formula is C14H19NO3. The molecule has 2 N–H and O–H groups in total. The zero-order valence-electron chi connectivity index (χ0n) is 10.6. The number of hydrogen-bond donors (Lipinski definition) is 2. The van der Waals surface area contributed by atoms with Gasteiger partial charge in [0.05, 0.1) is 0 Å². The van der Waals surface area contributed by atoms with Crippen molar-refractivity contribution in [2.24, 2.45) is 0 Å². The van der Waals surface area contributed by atoms with Crippen molar-refractivity contribution in [3.05, 3.63) is 29.8 Å². The van der Waals surface area contributed by atoms with E-state index in [1.807, 2.05) is 31.2 Å². The van der Waals surface area contributed by atoms with Gasteiger partial charge in [-0.15, -0.1) is 0 Å². The number of ether oxygens (including phenoxy) is 1. The maximum atomic E-state index is 11.1. The topological polar surface area (TPSA) is 58.6 Å². The second-order valence-electron chi connectivity index (χ2n) is 4.83. The fourth-order valence-electron chi connectivity index (χ4n) is 2.16. The van der Waals surface area contributed by atoms with E-state index in [0.29, 0.717) is 26.0 Å². The van der Waals surface area contributed by atoms with Crippen LogP contribution in [-0.4, -0.2) is 29.8 Å². The number of aryl methyl sites for hydroxylation is 1. The Kier molecular flexibility index (Phi) is 3.87. The number of benzene rings is 1. The molecule has 98 valence electrons. The summed E-state index contributed by atoms with van der Waals surface area (Å²) >= 11 is 0. The summed E-state index contributed by atoms with van der Waals surface area (Å²) in [5.74, 6) is 0.0825. The first-order valence-electron chi connectivity index (χ1n) is 6.30. The first-order chi connectivity index (χ1) is 8.62. The number of hydrogen-bond acceptors (Lipinski definition) is 3. The molecule has 0 heterocycles. The third-order valence-electron chi connectivity index (χ3n) is 3.44. The summed E-state index contributed by atoms with van der Waals surface area (Å²) in [5, 5.41) is 12.2. The molecule has 1 aromatic carbocycles. The van der Waals surface area contributed by atoms with Crippen LogP contribution >= 0.6 is 0 Å². The number of aliphatic carboxylic acids is 1. The van der Waals surface area contributed by atoms with Crippen LogP contribution in [0.3, 0.4) is 0 Å². The summed E-state index contributed by atoms with van der Waals surface area (Å²) in [6.07, 6.45) is 2.41. The summed E-state index contributed by atoms with van der Waals surface area (Å²) in [5.41, 5.74) is 0.456. The monoisotopic (exact) mass is 249 g/mol. The molecule has 1 aliphatic carbocycles. The molecule has 0 saturated heterocycles. The van der Waals surface area contributed by atoms with Gasteiger partial charge in [-0.25, -0.2) is 0 Å². The molecule has 4 nitrogen and oxygen atoms in total. The van der Waals surface area contributed by atoms with E-state index in [-0.39, 0.29) is 0 Å². The molecule has 0 aromatic heterocycles. The van der Waals surface area contributed by atoms with Gasteiger partial charge < -0.3 is 9.84 Å². The van der Waals surface area contributed by atoms with Gasteiger partial charge in [0.25, 0.3) is 0 Å². The Morgan fingerprint density at radius 2 is 2.28 bits per heavy atom. The average molecular weight is 249 g/mol. The first-order valence-corrected chi connectivity index (χ1v) is 6.30. The smallest absolute Gasteiger partial charge is 0.323 e. The van der Waals surface area contributed by atoms with Crippen molar-refractivity contribution >= 4 is 5.97 Å². The van der Waals surface area contributed by atoms with Crippen LogP contribution in [-0.2, 0) is 4.79 Å². The summed E-state index contributed by atoms with van der Waals surface area (Å²) in [6.45, 7) is 3.05. The van der Waals surface area contributed by atoms with Gasteiger partial charge in [-0.05, 0) is 43.9 Å². The van der Waals surface area contributed by atoms with E-state index in [9.17, 15) is 4.79 Å². The first kappa shape index (κ1) is 12.9. The number of rotatable bonds is 6. The molecule has 0 atom stereocenters. The lowest BCUT2D eigenvalue weighted by Gasteiger charge is -2.38. The van der Waals surface area contributed by atoms with Gasteiger partial charge in [0, 0.05) is 6.54 Å². The molecule has 4 heteroatoms. The second kappa shape index (κ2) is 5.40. The maximum Gasteiger partial charge on any atom is 0.323 e. The van der Waals surface area contributed by atoms with E-state index in [1.165, 1.54) is 0 Å². The van der Waals surface area contributed by atoms with Crippen LogP contribution < -0.4 is 10.1 Å². The Bertz CT molecular complexity index is 427. The quantitative estimate of drug-likeness (QED) is 0.757. The summed E-state index contributed by atoms with van der Waals surface area (Å²) in [6, 6.07) is 7.83. The highest BCUT2D eigenvalue weighted by Gasteiger charge is 2.43. The lowest BCUT2D eigenvalue weighted by Crippen LogP contribution is -2.57. The molecule has 1 fully saturated rings. The lowest BCUT2D eigenvalue weighted by atomic mass is 9.77. The van der Waals surface area contributed by atoms with Crippen LogP contribution in [0.25, 0.3) is 0 Å². The standard InChI is InChI=1S/C14H19NO3/c1-11-4-2-5-12(10-11)18-9-8-15-14(13(16)17)6-3-7-14/h2,4-5,10,15H,3,6-9H2,1H3,(H,16,17). The van der Waals surface area contributed by atoms with Gasteiger partial charge in [-0.2, -0.15) is 0 Å². The Hall–Kier alpha value is -1.55. The summed E-state index contributed by atoms with van der Waals surface area (Å²) < 4.78 is 5.58. The Morgan fingerprint density at radius 3 is 2.83 bits per heavy atom. The van der Waals surface area contributed by atoms with Crippen LogP contribution in [0.4, 0.5) is 0 Å². The van der Waals surface area contributed by atoms with Crippen LogP contribution in [0.15, 0.2) is 24.3 Å². The summed E-state index contributed by atoms with van der Waals surface area (Å²) in [7, 11) is 0. The molecule has 1 saturated carbocycles. The SMILES string of the molecule is Cc1cccc(OCCNC2(C(=O)O)CCC2)c1. The van der Waals surface area contributed by atoms with Crippen LogP contribution in [0, 0.1) is 6.92 Å². The molecule has 0 radical (unpaired) electrons. The zero-order valence-corrected chi connectivity index (χ0v) is 10.6. The van der Waals surface area contributed by atoms with Crippen molar-refractivity contribution in [2.75, 3.05) is 13.2 Å². The number of nitrogens with one attached hydrogen (secondary N) is 1. The van der Waals surface area contributed by atoms with E-state index in [1.54, 1.807) is 0 Å². The van der Waals surface area contributed by atoms with Gasteiger partial charge in [0.15, 0.2) is 0 Å². The third-order valence-corrected chi connectivity index (χ3v) is 3.44. The van der Waals surface area contributed by atoms with Crippen LogP contribution in [0.1, 0.15) is 24.8 Å². The van der Waals surface area contributed by atoms with Crippen LogP contribution in [0.5, 0.6) is 5.75 Å². The predicted octanol–water partition coefficient (Wildman–Crippen LogP) is 1.97. The van der Waals surface area contributed by atoms with Gasteiger partial charge in [-0.1, -0.05) is 12.1 Å². The van der Waals surface area contributed by atoms with Gasteiger partial charge >= 0.3 is 5.97 Å². The van der Waals surface area contributed by atoms with Gasteiger partial charge in [0.1, 0.15) is 17.9 Å². The molecule has 0 aliphatic heterocycles. The number of carboxylic acids is 1. The summed E-state index contributed by atoms with van der Waals surface area (Å²) in [4.78, 5) is 11.1. The second-order valence-corrected chi connectivity index (χ2v) is 4.83. The van der Waals surface area contributed by atoms with E-state index >= 15 is 0 Å². The van der Waals surface area contributed by atoms with Crippen molar-refractivity contribution in [1.82, 2.24) is 5.32 Å². The zero-order chi connectivity index (χ0) is 13.0. The van der Waals surface area contributed by atoms with Crippen molar-refractivity contribution in [2.45, 2.75) is 31.7 Å². The minimum absolute atomic E-state index is 0.485. The highest BCUT2D eigenvalue weighted by molar-refractivity contribution is 5.79. The van der Waals surface area contributed by atoms with Crippen molar-refractivity contribution in [3.8, 4) is 5.75 Å². The molecule has 1 aromatic rings. The Labute approximate surface area is 107 Å². The predicted molar refractivity (Wildman–Crippen MR) is 68.9 cm³/mol. The van der Waals surface area contributed by atoms with E-state index in [4.69, 9.17) is 9.84 Å². The molecule has 0 amide bonds. The Morgan fingerprint density at radius 1 is 1.50 bits per heavy atom. The van der Waals surface area contributed by atoms with Crippen molar-refractivity contribution in [3.63, 3.8) is 0 Å². The van der Waals surface area contributed by atoms with E-state index < -0.39 is 11.5 Å². The van der Waals surface area contributed by atoms with Crippen molar-refractivity contribution in [1.29, 1.82) is 0 Å². The van der Waals surface area contributed by atoms with Crippen LogP contribution in [0.2, 0.25) is 0 Å². The average Bonchev–Trinajstić information content (AvgIpc) is 2.26. The third kappa shape index (κ3) is 2.82. The highest BCUT2D eigenvalue weighted by atomic mass is 16.5. The van der Waals surface area contributed by atoms with E-state index in [0.717, 1.165) is 17.7 Å². The Balaban J connectivity index is 1.74. The largest absolute Gasteiger partial charge is 0.492 e. The maximum absolute atomic E-state index is 11.1. The fourth-order valence-corrected chi connectivity index (χ4v) is 2.16. The molecule has 18 heavy (non-hydrogen) atoms. The molecule has 0 spiro atoms. The highest BCUT2D eigenvalue weighted by Crippen LogP contribution is 2.31. The normalized spacial score (nSPS) is 16.9. The molecule has 0 bridgehead atoms. The fraction of sp³-hybridized carbons (Fsp3) is 0.500. The van der Waals surface area contributed by atoms with Gasteiger partial charge in [-0.3, -0.25) is 10.1 Å². The number of carboxylic acid groups (broad SMARTS) is 1. The lowest BCUT2D eigenvalue weighted by molar-refractivity contribution is -0.148. The van der Waals surface area contributed by atoms with E-state index in [2.05, 4.69) is 5.32 Å². The molecule has 0 unspecified atom stereocenters. The molecular weight excluding hydrogens is 230 g/mol. The molecule has 1 aliphatic rings.